The molecule has 26 heavy (non-hydrogen) atoms. The van der Waals surface area contributed by atoms with Crippen molar-refractivity contribution in [3.05, 3.63) is 59.2 Å². The third kappa shape index (κ3) is 4.65. The van der Waals surface area contributed by atoms with Gasteiger partial charge in [0, 0.05) is 31.6 Å². The van der Waals surface area contributed by atoms with E-state index in [0.29, 0.717) is 6.07 Å². The SMILES string of the molecule is CCc1cccc(C)c1N(CCC(=O)Nc1ccc(F)cc1F)C(C)=O. The zero-order valence-electron chi connectivity index (χ0n) is 15.1. The second kappa shape index (κ2) is 8.56. The molecule has 0 aliphatic heterocycles. The Hall–Kier alpha value is -2.76. The first-order chi connectivity index (χ1) is 12.3. The fourth-order valence-corrected chi connectivity index (χ4v) is 2.83. The molecule has 2 aromatic rings. The Morgan fingerprint density at radius 3 is 2.50 bits per heavy atom. The van der Waals surface area contributed by atoms with Gasteiger partial charge in [0.25, 0.3) is 0 Å². The van der Waals surface area contributed by atoms with E-state index < -0.39 is 17.5 Å². The van der Waals surface area contributed by atoms with Crippen molar-refractivity contribution in [2.45, 2.75) is 33.6 Å². The molecule has 0 radical (unpaired) electrons. The molecule has 0 atom stereocenters. The Morgan fingerprint density at radius 1 is 1.15 bits per heavy atom. The van der Waals surface area contributed by atoms with E-state index in [9.17, 15) is 18.4 Å². The van der Waals surface area contributed by atoms with Crippen molar-refractivity contribution in [2.75, 3.05) is 16.8 Å². The molecule has 0 bridgehead atoms. The van der Waals surface area contributed by atoms with Crippen LogP contribution in [0.25, 0.3) is 0 Å². The molecule has 6 heteroatoms. The molecule has 1 N–H and O–H groups in total. The molecule has 0 unspecified atom stereocenters. The minimum absolute atomic E-state index is 0.00607. The van der Waals surface area contributed by atoms with Crippen LogP contribution < -0.4 is 10.2 Å². The van der Waals surface area contributed by atoms with Gasteiger partial charge >= 0.3 is 0 Å². The van der Waals surface area contributed by atoms with Gasteiger partial charge in [-0.3, -0.25) is 9.59 Å². The van der Waals surface area contributed by atoms with Crippen LogP contribution in [0.5, 0.6) is 0 Å². The van der Waals surface area contributed by atoms with Crippen molar-refractivity contribution in [1.82, 2.24) is 0 Å². The van der Waals surface area contributed by atoms with E-state index in [1.165, 1.54) is 13.0 Å². The second-order valence-electron chi connectivity index (χ2n) is 6.03. The van der Waals surface area contributed by atoms with Crippen LogP contribution in [0.15, 0.2) is 36.4 Å². The highest BCUT2D eigenvalue weighted by atomic mass is 19.1. The number of amides is 2. The molecule has 2 aromatic carbocycles. The van der Waals surface area contributed by atoms with E-state index in [4.69, 9.17) is 0 Å². The maximum absolute atomic E-state index is 13.6. The monoisotopic (exact) mass is 360 g/mol. The third-order valence-corrected chi connectivity index (χ3v) is 4.12. The molecule has 138 valence electrons. The van der Waals surface area contributed by atoms with Gasteiger partial charge in [-0.2, -0.15) is 0 Å². The van der Waals surface area contributed by atoms with Gasteiger partial charge in [-0.1, -0.05) is 25.1 Å². The van der Waals surface area contributed by atoms with Crippen LogP contribution in [0.4, 0.5) is 20.2 Å². The first-order valence-electron chi connectivity index (χ1n) is 8.45. The lowest BCUT2D eigenvalue weighted by molar-refractivity contribution is -0.117. The highest BCUT2D eigenvalue weighted by molar-refractivity contribution is 5.96. The summed E-state index contributed by atoms with van der Waals surface area (Å²) in [6.45, 7) is 5.53. The number of halogens is 2. The van der Waals surface area contributed by atoms with Crippen molar-refractivity contribution in [3.63, 3.8) is 0 Å². The van der Waals surface area contributed by atoms with Crippen LogP contribution in [0, 0.1) is 18.6 Å². The Kier molecular flexibility index (Phi) is 6.44. The average molecular weight is 360 g/mol. The third-order valence-electron chi connectivity index (χ3n) is 4.12. The number of carbonyl (C=O) groups is 2. The maximum Gasteiger partial charge on any atom is 0.226 e. The summed E-state index contributed by atoms with van der Waals surface area (Å²) in [5.41, 5.74) is 2.69. The van der Waals surface area contributed by atoms with Crippen LogP contribution >= 0.6 is 0 Å². The van der Waals surface area contributed by atoms with Crippen LogP contribution in [0.2, 0.25) is 0 Å². The number of hydrogen-bond donors (Lipinski definition) is 1. The summed E-state index contributed by atoms with van der Waals surface area (Å²) in [4.78, 5) is 25.8. The second-order valence-corrected chi connectivity index (χ2v) is 6.03. The van der Waals surface area contributed by atoms with Crippen molar-refractivity contribution in [3.8, 4) is 0 Å². The summed E-state index contributed by atoms with van der Waals surface area (Å²) >= 11 is 0. The molecule has 0 spiro atoms. The van der Waals surface area contributed by atoms with E-state index >= 15 is 0 Å². The summed E-state index contributed by atoms with van der Waals surface area (Å²) in [5.74, 6) is -2.17. The number of para-hydroxylation sites is 1. The number of nitrogens with one attached hydrogen (secondary N) is 1. The predicted molar refractivity (Wildman–Crippen MR) is 98.2 cm³/mol. The number of aryl methyl sites for hydroxylation is 2. The van der Waals surface area contributed by atoms with E-state index in [1.54, 1.807) is 4.90 Å². The molecule has 2 amide bonds. The summed E-state index contributed by atoms with van der Waals surface area (Å²) < 4.78 is 26.6. The zero-order chi connectivity index (χ0) is 19.3. The number of nitrogens with zero attached hydrogens (tertiary/aromatic N) is 1. The quantitative estimate of drug-likeness (QED) is 0.839. The van der Waals surface area contributed by atoms with Crippen molar-refractivity contribution in [1.29, 1.82) is 0 Å². The molecule has 0 fully saturated rings. The maximum atomic E-state index is 13.6. The Bertz CT molecular complexity index is 821. The summed E-state index contributed by atoms with van der Waals surface area (Å²) in [7, 11) is 0. The molecule has 0 heterocycles. The van der Waals surface area contributed by atoms with Crippen molar-refractivity contribution < 1.29 is 18.4 Å². The van der Waals surface area contributed by atoms with Gasteiger partial charge in [0.15, 0.2) is 0 Å². The van der Waals surface area contributed by atoms with E-state index in [1.807, 2.05) is 32.0 Å². The first-order valence-corrected chi connectivity index (χ1v) is 8.45. The van der Waals surface area contributed by atoms with Crippen LogP contribution in [0.1, 0.15) is 31.4 Å². The zero-order valence-corrected chi connectivity index (χ0v) is 15.1. The Balaban J connectivity index is 2.12. The highest BCUT2D eigenvalue weighted by Gasteiger charge is 2.18. The lowest BCUT2D eigenvalue weighted by Gasteiger charge is -2.25. The van der Waals surface area contributed by atoms with Crippen LogP contribution in [-0.4, -0.2) is 18.4 Å². The van der Waals surface area contributed by atoms with Gasteiger partial charge in [0.1, 0.15) is 11.6 Å². The van der Waals surface area contributed by atoms with Crippen LogP contribution in [-0.2, 0) is 16.0 Å². The molecule has 0 aliphatic carbocycles. The van der Waals surface area contributed by atoms with Gasteiger partial charge < -0.3 is 10.2 Å². The fourth-order valence-electron chi connectivity index (χ4n) is 2.83. The predicted octanol–water partition coefficient (Wildman–Crippen LogP) is 4.22. The number of hydrogen-bond acceptors (Lipinski definition) is 2. The highest BCUT2D eigenvalue weighted by Crippen LogP contribution is 2.26. The summed E-state index contributed by atoms with van der Waals surface area (Å²) in [6.07, 6.45) is 0.752. The minimum Gasteiger partial charge on any atom is -0.324 e. The van der Waals surface area contributed by atoms with Gasteiger partial charge in [0.05, 0.1) is 5.69 Å². The Morgan fingerprint density at radius 2 is 1.88 bits per heavy atom. The number of benzene rings is 2. The largest absolute Gasteiger partial charge is 0.324 e. The van der Waals surface area contributed by atoms with Gasteiger partial charge in [-0.25, -0.2) is 8.78 Å². The molecule has 0 saturated heterocycles. The molecule has 2 rings (SSSR count). The smallest absolute Gasteiger partial charge is 0.226 e. The van der Waals surface area contributed by atoms with Gasteiger partial charge in [-0.05, 0) is 36.6 Å². The average Bonchev–Trinajstić information content (AvgIpc) is 2.58. The fraction of sp³-hybridized carbons (Fsp3) is 0.300. The van der Waals surface area contributed by atoms with Crippen molar-refractivity contribution in [2.24, 2.45) is 0 Å². The molecule has 4 nitrogen and oxygen atoms in total. The van der Waals surface area contributed by atoms with E-state index in [2.05, 4.69) is 5.32 Å². The van der Waals surface area contributed by atoms with E-state index in [0.717, 1.165) is 29.3 Å². The molecule has 0 aliphatic rings. The summed E-state index contributed by atoms with van der Waals surface area (Å²) in [6, 6.07) is 8.74. The normalized spacial score (nSPS) is 10.5. The lowest BCUT2D eigenvalue weighted by atomic mass is 10.0. The first kappa shape index (κ1) is 19.6. The van der Waals surface area contributed by atoms with E-state index in [-0.39, 0.29) is 24.6 Å². The molecular weight excluding hydrogens is 338 g/mol. The standard InChI is InChI=1S/C20H22F2N2O2/c1-4-15-7-5-6-13(2)20(15)24(14(3)25)11-10-19(26)23-18-9-8-16(21)12-17(18)22/h5-9,12H,4,10-11H2,1-3H3,(H,23,26). The topological polar surface area (TPSA) is 49.4 Å². The van der Waals surface area contributed by atoms with Gasteiger partial charge in [-0.15, -0.1) is 0 Å². The van der Waals surface area contributed by atoms with Crippen LogP contribution in [0.3, 0.4) is 0 Å². The summed E-state index contributed by atoms with van der Waals surface area (Å²) in [5, 5.41) is 2.41. The minimum atomic E-state index is -0.839. The van der Waals surface area contributed by atoms with Gasteiger partial charge in [0.2, 0.25) is 11.8 Å². The Labute approximate surface area is 151 Å². The molecule has 0 aromatic heterocycles. The molecular formula is C20H22F2N2O2. The lowest BCUT2D eigenvalue weighted by Crippen LogP contribution is -2.33. The molecule has 0 saturated carbocycles. The number of anilines is 2. The van der Waals surface area contributed by atoms with Crippen molar-refractivity contribution >= 4 is 23.2 Å². The number of rotatable bonds is 6. The number of carbonyl (C=O) groups excluding carboxylic acids is 2.